The lowest BCUT2D eigenvalue weighted by Gasteiger charge is -2.27. The van der Waals surface area contributed by atoms with Crippen LogP contribution in [0.25, 0.3) is 0 Å². The Balaban J connectivity index is 1.84. The van der Waals surface area contributed by atoms with Crippen LogP contribution in [0.15, 0.2) is 30.3 Å². The maximum absolute atomic E-state index is 12.5. The molecule has 0 bridgehead atoms. The minimum absolute atomic E-state index is 0.0867. The van der Waals surface area contributed by atoms with E-state index in [9.17, 15) is 4.79 Å². The molecular formula is C19H26N2O3. The Morgan fingerprint density at radius 3 is 2.88 bits per heavy atom. The van der Waals surface area contributed by atoms with Gasteiger partial charge in [-0.3, -0.25) is 9.63 Å². The zero-order chi connectivity index (χ0) is 17.0. The lowest BCUT2D eigenvalue weighted by molar-refractivity contribution is -0.182. The second-order valence-electron chi connectivity index (χ2n) is 5.70. The fourth-order valence-electron chi connectivity index (χ4n) is 2.46. The smallest absolute Gasteiger partial charge is 0.224 e. The normalized spacial score (nSPS) is 14.7. The second kappa shape index (κ2) is 10.8. The number of hydroxylamine groups is 2. The summed E-state index contributed by atoms with van der Waals surface area (Å²) in [6, 6.07) is 9.79. The van der Waals surface area contributed by atoms with E-state index in [-0.39, 0.29) is 5.91 Å². The third-order valence-corrected chi connectivity index (χ3v) is 3.85. The number of ether oxygens (including phenoxy) is 1. The third-order valence-electron chi connectivity index (χ3n) is 3.85. The van der Waals surface area contributed by atoms with Gasteiger partial charge in [-0.15, -0.1) is 0 Å². The molecule has 0 radical (unpaired) electrons. The topological polar surface area (TPSA) is 42.0 Å². The molecule has 5 heteroatoms. The molecule has 0 aromatic heterocycles. The van der Waals surface area contributed by atoms with E-state index >= 15 is 0 Å². The molecule has 0 aliphatic carbocycles. The number of hydrogen-bond acceptors (Lipinski definition) is 4. The molecule has 1 fully saturated rings. The van der Waals surface area contributed by atoms with E-state index in [2.05, 4.69) is 11.8 Å². The largest absolute Gasteiger partial charge is 0.383 e. The number of carbonyl (C=O) groups is 1. The molecule has 0 unspecified atom stereocenters. The van der Waals surface area contributed by atoms with Gasteiger partial charge in [-0.25, -0.2) is 0 Å². The van der Waals surface area contributed by atoms with Crippen LogP contribution in [0, 0.1) is 11.8 Å². The summed E-state index contributed by atoms with van der Waals surface area (Å²) in [5, 5.41) is 1.89. The van der Waals surface area contributed by atoms with Crippen molar-refractivity contribution in [2.45, 2.75) is 19.3 Å². The van der Waals surface area contributed by atoms with Crippen LogP contribution in [0.4, 0.5) is 0 Å². The van der Waals surface area contributed by atoms with Gasteiger partial charge in [0.2, 0.25) is 5.91 Å². The van der Waals surface area contributed by atoms with Crippen LogP contribution in [0.2, 0.25) is 0 Å². The van der Waals surface area contributed by atoms with Crippen LogP contribution in [0.5, 0.6) is 0 Å². The van der Waals surface area contributed by atoms with Crippen molar-refractivity contribution in [3.05, 3.63) is 35.9 Å². The van der Waals surface area contributed by atoms with Gasteiger partial charge in [-0.05, 0) is 25.0 Å². The predicted octanol–water partition coefficient (Wildman–Crippen LogP) is 1.93. The summed E-state index contributed by atoms with van der Waals surface area (Å²) in [5.41, 5.74) is 0.957. The molecule has 0 saturated carbocycles. The molecule has 1 amide bonds. The fourth-order valence-corrected chi connectivity index (χ4v) is 2.46. The summed E-state index contributed by atoms with van der Waals surface area (Å²) in [4.78, 5) is 19.7. The van der Waals surface area contributed by atoms with Crippen LogP contribution in [0.3, 0.4) is 0 Å². The Morgan fingerprint density at radius 1 is 1.33 bits per heavy atom. The first-order chi connectivity index (χ1) is 11.8. The predicted molar refractivity (Wildman–Crippen MR) is 93.2 cm³/mol. The number of carbonyl (C=O) groups excluding carboxylic acids is 1. The van der Waals surface area contributed by atoms with Crippen molar-refractivity contribution in [1.82, 2.24) is 9.96 Å². The summed E-state index contributed by atoms with van der Waals surface area (Å²) in [7, 11) is 1.64. The molecule has 1 saturated heterocycles. The number of hydrogen-bond donors (Lipinski definition) is 0. The summed E-state index contributed by atoms with van der Waals surface area (Å²) >= 11 is 0. The molecule has 1 aromatic rings. The summed E-state index contributed by atoms with van der Waals surface area (Å²) in [6.07, 6.45) is 2.67. The average Bonchev–Trinajstić information content (AvgIpc) is 2.64. The standard InChI is InChI=1S/C19H26N2O3/c1-23-17-15-20(12-7-10-18-8-3-2-4-9-18)19(22)11-14-21-13-5-6-16-24-21/h2-4,8-9H,5-6,11-17H2,1H3. The highest BCUT2D eigenvalue weighted by Crippen LogP contribution is 2.07. The van der Waals surface area contributed by atoms with Crippen LogP contribution in [-0.2, 0) is 14.4 Å². The van der Waals surface area contributed by atoms with Crippen molar-refractivity contribution >= 4 is 5.91 Å². The molecule has 1 aliphatic rings. The van der Waals surface area contributed by atoms with Crippen LogP contribution >= 0.6 is 0 Å². The second-order valence-corrected chi connectivity index (χ2v) is 5.70. The molecule has 24 heavy (non-hydrogen) atoms. The van der Waals surface area contributed by atoms with E-state index in [1.165, 1.54) is 0 Å². The molecule has 5 nitrogen and oxygen atoms in total. The van der Waals surface area contributed by atoms with Crippen LogP contribution < -0.4 is 0 Å². The molecule has 130 valence electrons. The van der Waals surface area contributed by atoms with Gasteiger partial charge < -0.3 is 9.64 Å². The highest BCUT2D eigenvalue weighted by atomic mass is 16.7. The van der Waals surface area contributed by atoms with E-state index in [4.69, 9.17) is 9.57 Å². The Hall–Kier alpha value is -1.87. The number of rotatable bonds is 7. The zero-order valence-electron chi connectivity index (χ0n) is 14.4. The highest BCUT2D eigenvalue weighted by molar-refractivity contribution is 5.76. The van der Waals surface area contributed by atoms with E-state index < -0.39 is 0 Å². The quantitative estimate of drug-likeness (QED) is 0.717. The lowest BCUT2D eigenvalue weighted by atomic mass is 10.2. The van der Waals surface area contributed by atoms with E-state index in [0.29, 0.717) is 32.7 Å². The Bertz CT molecular complexity index is 545. The first-order valence-electron chi connectivity index (χ1n) is 8.48. The van der Waals surface area contributed by atoms with Gasteiger partial charge >= 0.3 is 0 Å². The van der Waals surface area contributed by atoms with Gasteiger partial charge in [-0.1, -0.05) is 30.0 Å². The first-order valence-corrected chi connectivity index (χ1v) is 8.48. The van der Waals surface area contributed by atoms with Crippen LogP contribution in [-0.4, -0.2) is 62.4 Å². The Morgan fingerprint density at radius 2 is 2.17 bits per heavy atom. The average molecular weight is 330 g/mol. The Labute approximate surface area is 144 Å². The van der Waals surface area contributed by atoms with Gasteiger partial charge in [-0.2, -0.15) is 5.06 Å². The van der Waals surface area contributed by atoms with E-state index in [1.54, 1.807) is 12.0 Å². The van der Waals surface area contributed by atoms with E-state index in [0.717, 1.165) is 31.6 Å². The molecule has 1 aromatic carbocycles. The van der Waals surface area contributed by atoms with Crippen molar-refractivity contribution in [3.8, 4) is 11.8 Å². The van der Waals surface area contributed by atoms with Gasteiger partial charge in [0.15, 0.2) is 0 Å². The number of nitrogens with zero attached hydrogens (tertiary/aromatic N) is 2. The fraction of sp³-hybridized carbons (Fsp3) is 0.526. The number of amides is 1. The molecule has 1 heterocycles. The summed E-state index contributed by atoms with van der Waals surface area (Å²) < 4.78 is 5.10. The molecule has 0 atom stereocenters. The van der Waals surface area contributed by atoms with Crippen molar-refractivity contribution in [3.63, 3.8) is 0 Å². The Kier molecular flexibility index (Phi) is 8.33. The molecule has 2 rings (SSSR count). The molecule has 0 spiro atoms. The maximum atomic E-state index is 12.5. The summed E-state index contributed by atoms with van der Waals surface area (Å²) in [6.45, 7) is 3.77. The highest BCUT2D eigenvalue weighted by Gasteiger charge is 2.16. The molecule has 1 aliphatic heterocycles. The van der Waals surface area contributed by atoms with Gasteiger partial charge in [0, 0.05) is 38.7 Å². The minimum atomic E-state index is 0.0867. The van der Waals surface area contributed by atoms with Crippen LogP contribution in [0.1, 0.15) is 24.8 Å². The molecule has 0 N–H and O–H groups in total. The van der Waals surface area contributed by atoms with Crippen molar-refractivity contribution in [1.29, 1.82) is 0 Å². The van der Waals surface area contributed by atoms with E-state index in [1.807, 2.05) is 35.4 Å². The SMILES string of the molecule is COCCN(CC#Cc1ccccc1)C(=O)CCN1CCCCO1. The lowest BCUT2D eigenvalue weighted by Crippen LogP contribution is -2.38. The number of methoxy groups -OCH3 is 1. The van der Waals surface area contributed by atoms with Gasteiger partial charge in [0.05, 0.1) is 19.8 Å². The summed E-state index contributed by atoms with van der Waals surface area (Å²) in [5.74, 6) is 6.26. The van der Waals surface area contributed by atoms with Crippen molar-refractivity contribution < 1.29 is 14.4 Å². The zero-order valence-corrected chi connectivity index (χ0v) is 14.4. The first kappa shape index (κ1) is 18.5. The molecular weight excluding hydrogens is 304 g/mol. The number of benzene rings is 1. The van der Waals surface area contributed by atoms with Gasteiger partial charge in [0.25, 0.3) is 0 Å². The minimum Gasteiger partial charge on any atom is -0.383 e. The monoisotopic (exact) mass is 330 g/mol. The third kappa shape index (κ3) is 6.71. The maximum Gasteiger partial charge on any atom is 0.224 e. The van der Waals surface area contributed by atoms with Crippen molar-refractivity contribution in [2.75, 3.05) is 46.5 Å². The van der Waals surface area contributed by atoms with Gasteiger partial charge in [0.1, 0.15) is 0 Å². The van der Waals surface area contributed by atoms with Crippen molar-refractivity contribution in [2.24, 2.45) is 0 Å².